The zero-order valence-electron chi connectivity index (χ0n) is 10.7. The van der Waals surface area contributed by atoms with Crippen molar-refractivity contribution in [2.75, 3.05) is 7.11 Å². The van der Waals surface area contributed by atoms with E-state index in [1.165, 1.54) is 6.07 Å². The summed E-state index contributed by atoms with van der Waals surface area (Å²) in [7, 11) is 1.57. The van der Waals surface area contributed by atoms with Gasteiger partial charge in [0, 0.05) is 21.7 Å². The van der Waals surface area contributed by atoms with Crippen LogP contribution in [-0.2, 0) is 0 Å². The summed E-state index contributed by atoms with van der Waals surface area (Å²) >= 11 is 6.15. The first kappa shape index (κ1) is 13.4. The molecule has 0 aliphatic rings. The average Bonchev–Trinajstić information content (AvgIpc) is 2.84. The number of hydrogen-bond donors (Lipinski definition) is 2. The Morgan fingerprint density at radius 2 is 2.05 bits per heavy atom. The topological polar surface area (TPSA) is 75.2 Å². The van der Waals surface area contributed by atoms with E-state index in [0.717, 1.165) is 16.7 Å². The second-order valence-electron chi connectivity index (χ2n) is 4.16. The van der Waals surface area contributed by atoms with Crippen molar-refractivity contribution < 1.29 is 14.6 Å². The van der Waals surface area contributed by atoms with Gasteiger partial charge >= 0.3 is 5.97 Å². The molecule has 6 heteroatoms. The number of ether oxygens (including phenoxy) is 1. The normalized spacial score (nSPS) is 10.5. The highest BCUT2D eigenvalue weighted by Gasteiger charge is 2.16. The second kappa shape index (κ2) is 4.93. The number of nitrogens with one attached hydrogen (secondary N) is 1. The minimum atomic E-state index is -1.05. The molecule has 0 saturated heterocycles. The number of hydrogen-bond acceptors (Lipinski definition) is 3. The summed E-state index contributed by atoms with van der Waals surface area (Å²) in [6.45, 7) is 3.75. The summed E-state index contributed by atoms with van der Waals surface area (Å²) in [6, 6.07) is 3.23. The third kappa shape index (κ3) is 2.29. The van der Waals surface area contributed by atoms with Crippen LogP contribution in [-0.4, -0.2) is 28.4 Å². The minimum Gasteiger partial charge on any atom is -0.496 e. The van der Waals surface area contributed by atoms with Crippen LogP contribution in [0.2, 0.25) is 5.02 Å². The molecule has 1 heterocycles. The van der Waals surface area contributed by atoms with E-state index in [9.17, 15) is 4.79 Å². The van der Waals surface area contributed by atoms with Gasteiger partial charge in [-0.3, -0.25) is 5.10 Å². The summed E-state index contributed by atoms with van der Waals surface area (Å²) in [4.78, 5) is 10.9. The fourth-order valence-corrected chi connectivity index (χ4v) is 2.19. The van der Waals surface area contributed by atoms with Crippen molar-refractivity contribution >= 4 is 17.6 Å². The number of carboxylic acids is 1. The highest BCUT2D eigenvalue weighted by atomic mass is 35.5. The molecule has 100 valence electrons. The summed E-state index contributed by atoms with van der Waals surface area (Å²) in [6.07, 6.45) is 0. The molecule has 0 spiro atoms. The van der Waals surface area contributed by atoms with E-state index >= 15 is 0 Å². The lowest BCUT2D eigenvalue weighted by Gasteiger charge is -2.13. The van der Waals surface area contributed by atoms with Gasteiger partial charge in [-0.25, -0.2) is 4.79 Å². The SMILES string of the molecule is COc1c(C)c(Cl)cc(-c2cc(C(=O)O)[nH]n2)c1C. The Morgan fingerprint density at radius 3 is 2.58 bits per heavy atom. The van der Waals surface area contributed by atoms with Crippen LogP contribution in [0.3, 0.4) is 0 Å². The molecule has 0 aliphatic heterocycles. The van der Waals surface area contributed by atoms with Crippen molar-refractivity contribution in [3.63, 3.8) is 0 Å². The Balaban J connectivity index is 2.61. The predicted octanol–water partition coefficient (Wildman–Crippen LogP) is 3.05. The summed E-state index contributed by atoms with van der Waals surface area (Å²) in [5.74, 6) is -0.371. The van der Waals surface area contributed by atoms with Crippen molar-refractivity contribution in [3.05, 3.63) is 34.0 Å². The smallest absolute Gasteiger partial charge is 0.353 e. The molecular weight excluding hydrogens is 268 g/mol. The van der Waals surface area contributed by atoms with Gasteiger partial charge in [0.15, 0.2) is 0 Å². The quantitative estimate of drug-likeness (QED) is 0.906. The standard InChI is InChI=1S/C13H13ClN2O3/c1-6-8(4-9(14)7(2)12(6)19-3)10-5-11(13(17)18)16-15-10/h4-5H,1-3H3,(H,15,16)(H,17,18). The van der Waals surface area contributed by atoms with Gasteiger partial charge in [0.25, 0.3) is 0 Å². The third-order valence-electron chi connectivity index (χ3n) is 3.00. The van der Waals surface area contributed by atoms with Crippen LogP contribution in [0.15, 0.2) is 12.1 Å². The van der Waals surface area contributed by atoms with Gasteiger partial charge in [0.05, 0.1) is 12.8 Å². The number of aromatic carboxylic acids is 1. The Bertz CT molecular complexity index is 650. The van der Waals surface area contributed by atoms with Crippen molar-refractivity contribution in [2.24, 2.45) is 0 Å². The fourth-order valence-electron chi connectivity index (χ4n) is 2.00. The van der Waals surface area contributed by atoms with Gasteiger partial charge in [-0.2, -0.15) is 5.10 Å². The van der Waals surface area contributed by atoms with Gasteiger partial charge in [0.2, 0.25) is 0 Å². The first-order valence-electron chi connectivity index (χ1n) is 5.58. The molecule has 19 heavy (non-hydrogen) atoms. The van der Waals surface area contributed by atoms with E-state index in [0.29, 0.717) is 16.5 Å². The number of rotatable bonds is 3. The van der Waals surface area contributed by atoms with E-state index in [4.69, 9.17) is 21.4 Å². The van der Waals surface area contributed by atoms with E-state index in [1.807, 2.05) is 13.8 Å². The van der Waals surface area contributed by atoms with Gasteiger partial charge in [-0.05, 0) is 26.0 Å². The largest absolute Gasteiger partial charge is 0.496 e. The van der Waals surface area contributed by atoms with Crippen LogP contribution in [0.4, 0.5) is 0 Å². The van der Waals surface area contributed by atoms with Crippen LogP contribution in [0, 0.1) is 13.8 Å². The van der Waals surface area contributed by atoms with Crippen molar-refractivity contribution in [1.82, 2.24) is 10.2 Å². The lowest BCUT2D eigenvalue weighted by atomic mass is 10.0. The molecule has 0 bridgehead atoms. The van der Waals surface area contributed by atoms with Crippen molar-refractivity contribution in [2.45, 2.75) is 13.8 Å². The summed E-state index contributed by atoms with van der Waals surface area (Å²) < 4.78 is 5.33. The molecule has 2 rings (SSSR count). The second-order valence-corrected chi connectivity index (χ2v) is 4.57. The molecule has 1 aromatic carbocycles. The summed E-state index contributed by atoms with van der Waals surface area (Å²) in [5.41, 5.74) is 3.02. The van der Waals surface area contributed by atoms with Gasteiger partial charge in [0.1, 0.15) is 11.4 Å². The lowest BCUT2D eigenvalue weighted by Crippen LogP contribution is -1.95. The molecule has 0 unspecified atom stereocenters. The lowest BCUT2D eigenvalue weighted by molar-refractivity contribution is 0.0690. The third-order valence-corrected chi connectivity index (χ3v) is 3.40. The van der Waals surface area contributed by atoms with Gasteiger partial charge in [-0.15, -0.1) is 0 Å². The average molecular weight is 281 g/mol. The Hall–Kier alpha value is -2.01. The molecule has 0 atom stereocenters. The maximum absolute atomic E-state index is 10.9. The molecule has 0 radical (unpaired) electrons. The predicted molar refractivity (Wildman–Crippen MR) is 72.0 cm³/mol. The highest BCUT2D eigenvalue weighted by Crippen LogP contribution is 2.36. The molecule has 1 aromatic heterocycles. The Labute approximate surface area is 115 Å². The number of benzene rings is 1. The molecule has 0 fully saturated rings. The first-order chi connectivity index (χ1) is 8.95. The maximum atomic E-state index is 10.9. The van der Waals surface area contributed by atoms with Crippen LogP contribution < -0.4 is 4.74 Å². The van der Waals surface area contributed by atoms with E-state index < -0.39 is 5.97 Å². The van der Waals surface area contributed by atoms with E-state index in [1.54, 1.807) is 13.2 Å². The first-order valence-corrected chi connectivity index (χ1v) is 5.96. The zero-order valence-corrected chi connectivity index (χ0v) is 11.5. The Kier molecular flexibility index (Phi) is 3.48. The summed E-state index contributed by atoms with van der Waals surface area (Å²) in [5, 5.41) is 15.9. The number of aromatic nitrogens is 2. The maximum Gasteiger partial charge on any atom is 0.353 e. The molecule has 5 nitrogen and oxygen atoms in total. The van der Waals surface area contributed by atoms with Crippen molar-refractivity contribution in [1.29, 1.82) is 0 Å². The van der Waals surface area contributed by atoms with E-state index in [2.05, 4.69) is 10.2 Å². The molecule has 0 amide bonds. The molecule has 0 saturated carbocycles. The number of halogens is 1. The number of methoxy groups -OCH3 is 1. The Morgan fingerprint density at radius 1 is 1.37 bits per heavy atom. The molecule has 2 aromatic rings. The number of carbonyl (C=O) groups is 1. The van der Waals surface area contributed by atoms with Crippen LogP contribution >= 0.6 is 11.6 Å². The fraction of sp³-hybridized carbons (Fsp3) is 0.231. The van der Waals surface area contributed by atoms with Crippen LogP contribution in [0.1, 0.15) is 21.6 Å². The number of carboxylic acid groups (broad SMARTS) is 1. The van der Waals surface area contributed by atoms with Crippen LogP contribution in [0.25, 0.3) is 11.3 Å². The monoisotopic (exact) mass is 280 g/mol. The van der Waals surface area contributed by atoms with Crippen LogP contribution in [0.5, 0.6) is 5.75 Å². The zero-order chi connectivity index (χ0) is 14.2. The molecule has 0 aliphatic carbocycles. The number of nitrogens with zero attached hydrogens (tertiary/aromatic N) is 1. The van der Waals surface area contributed by atoms with Gasteiger partial charge < -0.3 is 9.84 Å². The van der Waals surface area contributed by atoms with E-state index in [-0.39, 0.29) is 5.69 Å². The number of aromatic amines is 1. The number of H-pyrrole nitrogens is 1. The van der Waals surface area contributed by atoms with Gasteiger partial charge in [-0.1, -0.05) is 11.6 Å². The highest BCUT2D eigenvalue weighted by molar-refractivity contribution is 6.32. The molecular formula is C13H13ClN2O3. The molecule has 2 N–H and O–H groups in total. The van der Waals surface area contributed by atoms with Crippen molar-refractivity contribution in [3.8, 4) is 17.0 Å². The minimum absolute atomic E-state index is 0.0325.